The Morgan fingerprint density at radius 2 is 1.80 bits per heavy atom. The predicted molar refractivity (Wildman–Crippen MR) is 93.0 cm³/mol. The van der Waals surface area contributed by atoms with E-state index in [0.717, 1.165) is 5.06 Å². The van der Waals surface area contributed by atoms with Crippen LogP contribution < -0.4 is 4.74 Å². The number of hydroxylamine groups is 3. The highest BCUT2D eigenvalue weighted by Gasteiger charge is 2.58. The van der Waals surface area contributed by atoms with Crippen molar-refractivity contribution < 1.29 is 19.5 Å². The Labute approximate surface area is 146 Å². The van der Waals surface area contributed by atoms with Gasteiger partial charge in [-0.05, 0) is 43.3 Å². The molecule has 2 atom stereocenters. The van der Waals surface area contributed by atoms with E-state index in [1.54, 1.807) is 43.3 Å². The quantitative estimate of drug-likeness (QED) is 0.526. The van der Waals surface area contributed by atoms with E-state index in [1.165, 1.54) is 14.0 Å². The molecule has 0 spiro atoms. The molecular weight excluding hydrogens is 320 g/mol. The van der Waals surface area contributed by atoms with Crippen LogP contribution in [0.4, 0.5) is 0 Å². The zero-order chi connectivity index (χ0) is 18.2. The number of carbonyl (C=O) groups is 1. The number of nitrogens with zero attached hydrogens (tertiary/aromatic N) is 2. The highest BCUT2D eigenvalue weighted by molar-refractivity contribution is 6.07. The van der Waals surface area contributed by atoms with Crippen molar-refractivity contribution in [3.63, 3.8) is 0 Å². The van der Waals surface area contributed by atoms with Gasteiger partial charge in [-0.3, -0.25) is 4.79 Å². The summed E-state index contributed by atoms with van der Waals surface area (Å²) in [6.07, 6.45) is 0. The number of Topliss-reactive ketones (excluding diaryl/α,β-unsaturated/α-hetero) is 1. The number of ether oxygens (including phenoxy) is 1. The van der Waals surface area contributed by atoms with Gasteiger partial charge in [-0.25, -0.2) is 0 Å². The van der Waals surface area contributed by atoms with Crippen molar-refractivity contribution >= 4 is 11.5 Å². The van der Waals surface area contributed by atoms with Crippen molar-refractivity contribution in [3.05, 3.63) is 70.9 Å². The number of rotatable bonds is 4. The number of carbonyl (C=O) groups excluding carboxylic acids is 1. The number of hydrogen-bond acceptors (Lipinski definition) is 5. The second kappa shape index (κ2) is 6.31. The molecule has 0 radical (unpaired) electrons. The summed E-state index contributed by atoms with van der Waals surface area (Å²) in [5.74, 6) is 0.128. The van der Waals surface area contributed by atoms with Crippen LogP contribution in [0.2, 0.25) is 0 Å². The molecule has 2 unspecified atom stereocenters. The van der Waals surface area contributed by atoms with E-state index in [9.17, 15) is 15.2 Å². The molecule has 0 aliphatic carbocycles. The Kier molecular flexibility index (Phi) is 4.32. The lowest BCUT2D eigenvalue weighted by molar-refractivity contribution is -0.561. The third kappa shape index (κ3) is 2.59. The summed E-state index contributed by atoms with van der Waals surface area (Å²) in [6.45, 7) is 3.12. The lowest BCUT2D eigenvalue weighted by Crippen LogP contribution is -2.54. The molecule has 1 N–H and O–H groups in total. The van der Waals surface area contributed by atoms with Crippen molar-refractivity contribution in [2.75, 3.05) is 7.11 Å². The van der Waals surface area contributed by atoms with E-state index in [-0.39, 0.29) is 0 Å². The summed E-state index contributed by atoms with van der Waals surface area (Å²) >= 11 is 0. The largest absolute Gasteiger partial charge is 0.622 e. The smallest absolute Gasteiger partial charge is 0.312 e. The van der Waals surface area contributed by atoms with Crippen LogP contribution in [0, 0.1) is 5.21 Å². The van der Waals surface area contributed by atoms with Gasteiger partial charge in [-0.1, -0.05) is 18.2 Å². The van der Waals surface area contributed by atoms with Crippen LogP contribution in [0.15, 0.2) is 54.6 Å². The molecule has 0 saturated carbocycles. The van der Waals surface area contributed by atoms with Crippen LogP contribution in [0.1, 0.15) is 29.8 Å². The molecular formula is C19H20N2O4. The fourth-order valence-corrected chi connectivity index (χ4v) is 3.17. The molecule has 2 aromatic carbocycles. The van der Waals surface area contributed by atoms with Crippen LogP contribution in [0.25, 0.3) is 0 Å². The molecule has 1 heterocycles. The first-order chi connectivity index (χ1) is 11.9. The van der Waals surface area contributed by atoms with Gasteiger partial charge in [-0.15, -0.1) is 5.06 Å². The lowest BCUT2D eigenvalue weighted by atomic mass is 9.99. The van der Waals surface area contributed by atoms with E-state index in [0.29, 0.717) is 27.3 Å². The van der Waals surface area contributed by atoms with Crippen LogP contribution in [0.3, 0.4) is 0 Å². The SMILES string of the molecule is COc1ccc(C(=O)C2(C)N(O)C(C)C(c3ccccc3)=[N+]2[O-])cc1. The van der Waals surface area contributed by atoms with Crippen molar-refractivity contribution in [1.82, 2.24) is 5.06 Å². The van der Waals surface area contributed by atoms with Gasteiger partial charge in [0.15, 0.2) is 0 Å². The summed E-state index contributed by atoms with van der Waals surface area (Å²) in [6, 6.07) is 14.9. The van der Waals surface area contributed by atoms with Crippen LogP contribution in [0.5, 0.6) is 5.75 Å². The van der Waals surface area contributed by atoms with Gasteiger partial charge in [0.2, 0.25) is 5.71 Å². The third-order valence-corrected chi connectivity index (χ3v) is 4.67. The maximum atomic E-state index is 13.0. The zero-order valence-electron chi connectivity index (χ0n) is 14.3. The normalized spacial score (nSPS) is 23.8. The fraction of sp³-hybridized carbons (Fsp3) is 0.263. The molecule has 0 saturated heterocycles. The molecule has 3 rings (SSSR count). The van der Waals surface area contributed by atoms with Crippen molar-refractivity contribution in [2.24, 2.45) is 0 Å². The first kappa shape index (κ1) is 17.1. The Hall–Kier alpha value is -2.70. The summed E-state index contributed by atoms with van der Waals surface area (Å²) in [4.78, 5) is 13.0. The first-order valence-corrected chi connectivity index (χ1v) is 7.98. The average Bonchev–Trinajstić information content (AvgIpc) is 2.83. The molecule has 0 aromatic heterocycles. The second-order valence-electron chi connectivity index (χ2n) is 6.14. The molecule has 1 aliphatic rings. The zero-order valence-corrected chi connectivity index (χ0v) is 14.3. The minimum atomic E-state index is -1.74. The Morgan fingerprint density at radius 3 is 2.36 bits per heavy atom. The van der Waals surface area contributed by atoms with Crippen LogP contribution in [-0.4, -0.2) is 45.3 Å². The first-order valence-electron chi connectivity index (χ1n) is 7.98. The summed E-state index contributed by atoms with van der Waals surface area (Å²) in [7, 11) is 1.53. The van der Waals surface area contributed by atoms with Crippen molar-refractivity contribution in [3.8, 4) is 5.75 Å². The minimum absolute atomic E-state index is 0.324. The minimum Gasteiger partial charge on any atom is -0.622 e. The summed E-state index contributed by atoms with van der Waals surface area (Å²) in [5, 5.41) is 24.4. The van der Waals surface area contributed by atoms with Crippen molar-refractivity contribution in [1.29, 1.82) is 0 Å². The van der Waals surface area contributed by atoms with Gasteiger partial charge in [0, 0.05) is 18.1 Å². The number of methoxy groups -OCH3 is 1. The molecule has 6 nitrogen and oxygen atoms in total. The van der Waals surface area contributed by atoms with Gasteiger partial charge in [-0.2, -0.15) is 4.74 Å². The number of hydrogen-bond donors (Lipinski definition) is 1. The lowest BCUT2D eigenvalue weighted by Gasteiger charge is -2.27. The number of benzene rings is 2. The maximum absolute atomic E-state index is 13.0. The number of ketones is 1. The van der Waals surface area contributed by atoms with Crippen LogP contribution >= 0.6 is 0 Å². The molecule has 1 aliphatic heterocycles. The van der Waals surface area contributed by atoms with E-state index < -0.39 is 17.5 Å². The van der Waals surface area contributed by atoms with Gasteiger partial charge in [0.1, 0.15) is 11.8 Å². The summed E-state index contributed by atoms with van der Waals surface area (Å²) < 4.78 is 5.70. The maximum Gasteiger partial charge on any atom is 0.312 e. The van der Waals surface area contributed by atoms with E-state index in [1.807, 2.05) is 18.2 Å². The second-order valence-corrected chi connectivity index (χ2v) is 6.14. The molecule has 0 bridgehead atoms. The fourth-order valence-electron chi connectivity index (χ4n) is 3.17. The topological polar surface area (TPSA) is 75.8 Å². The summed E-state index contributed by atoms with van der Waals surface area (Å²) in [5.41, 5.74) is -0.383. The highest BCUT2D eigenvalue weighted by Crippen LogP contribution is 2.31. The predicted octanol–water partition coefficient (Wildman–Crippen LogP) is 2.69. The molecule has 130 valence electrons. The Morgan fingerprint density at radius 1 is 1.20 bits per heavy atom. The van der Waals surface area contributed by atoms with Crippen molar-refractivity contribution in [2.45, 2.75) is 25.6 Å². The van der Waals surface area contributed by atoms with Gasteiger partial charge >= 0.3 is 5.66 Å². The highest BCUT2D eigenvalue weighted by atomic mass is 16.6. The van der Waals surface area contributed by atoms with Gasteiger partial charge in [0.05, 0.1) is 7.11 Å². The van der Waals surface area contributed by atoms with E-state index >= 15 is 0 Å². The average molecular weight is 340 g/mol. The third-order valence-electron chi connectivity index (χ3n) is 4.67. The monoisotopic (exact) mass is 340 g/mol. The Bertz CT molecular complexity index is 817. The van der Waals surface area contributed by atoms with Gasteiger partial charge in [0.25, 0.3) is 5.78 Å². The standard InChI is InChI=1S/C19H20N2O4/c1-13-17(14-7-5-4-6-8-14)21(24)19(2,20(13)23)18(22)15-9-11-16(25-3)12-10-15/h4-13,23H,1-3H3. The molecule has 6 heteroatoms. The van der Waals surface area contributed by atoms with Gasteiger partial charge < -0.3 is 15.2 Å². The molecule has 2 aromatic rings. The van der Waals surface area contributed by atoms with E-state index in [2.05, 4.69) is 0 Å². The Balaban J connectivity index is 2.06. The van der Waals surface area contributed by atoms with Crippen LogP contribution in [-0.2, 0) is 0 Å². The molecule has 0 amide bonds. The molecule has 0 fully saturated rings. The molecule has 25 heavy (non-hydrogen) atoms. The van der Waals surface area contributed by atoms with E-state index in [4.69, 9.17) is 4.74 Å².